The molecule has 2 rings (SSSR count). The van der Waals surface area contributed by atoms with E-state index in [2.05, 4.69) is 12.2 Å². The lowest BCUT2D eigenvalue weighted by atomic mass is 9.84. The first-order valence-corrected chi connectivity index (χ1v) is 7.26. The van der Waals surface area contributed by atoms with Gasteiger partial charge in [0.15, 0.2) is 0 Å². The van der Waals surface area contributed by atoms with Crippen LogP contribution in [0.25, 0.3) is 0 Å². The van der Waals surface area contributed by atoms with Crippen molar-refractivity contribution < 1.29 is 4.79 Å². The van der Waals surface area contributed by atoms with Crippen LogP contribution in [0.1, 0.15) is 58.3 Å². The lowest BCUT2D eigenvalue weighted by Crippen LogP contribution is -2.46. The van der Waals surface area contributed by atoms with Gasteiger partial charge in [-0.25, -0.2) is 0 Å². The Bertz CT molecular complexity index is 263. The van der Waals surface area contributed by atoms with Crippen LogP contribution in [0.15, 0.2) is 0 Å². The predicted octanol–water partition coefficient (Wildman–Crippen LogP) is 2.20. The largest absolute Gasteiger partial charge is 0.353 e. The van der Waals surface area contributed by atoms with Gasteiger partial charge in [-0.3, -0.25) is 4.79 Å². The first-order chi connectivity index (χ1) is 8.20. The van der Waals surface area contributed by atoms with E-state index in [1.807, 2.05) is 0 Å². The van der Waals surface area contributed by atoms with Crippen molar-refractivity contribution in [3.63, 3.8) is 0 Å². The van der Waals surface area contributed by atoms with Crippen LogP contribution < -0.4 is 11.1 Å². The molecule has 0 radical (unpaired) electrons. The number of hydrogen-bond donors (Lipinski definition) is 2. The van der Waals surface area contributed by atoms with Gasteiger partial charge in [-0.05, 0) is 31.6 Å². The van der Waals surface area contributed by atoms with Gasteiger partial charge in [0, 0.05) is 12.1 Å². The molecule has 0 heterocycles. The van der Waals surface area contributed by atoms with Crippen molar-refractivity contribution in [3.8, 4) is 0 Å². The van der Waals surface area contributed by atoms with Crippen LogP contribution in [0.5, 0.6) is 0 Å². The summed E-state index contributed by atoms with van der Waals surface area (Å²) in [7, 11) is 0. The summed E-state index contributed by atoms with van der Waals surface area (Å²) in [6.45, 7) is 2.16. The van der Waals surface area contributed by atoms with E-state index >= 15 is 0 Å². The number of rotatable bonds is 5. The van der Waals surface area contributed by atoms with Crippen molar-refractivity contribution in [1.82, 2.24) is 5.32 Å². The highest BCUT2D eigenvalue weighted by Crippen LogP contribution is 2.34. The smallest absolute Gasteiger partial charge is 0.224 e. The zero-order valence-electron chi connectivity index (χ0n) is 11.0. The highest BCUT2D eigenvalue weighted by Gasteiger charge is 2.31. The maximum atomic E-state index is 12.2. The Labute approximate surface area is 105 Å². The number of nitrogens with one attached hydrogen (secondary N) is 1. The molecule has 0 spiro atoms. The third-order valence-electron chi connectivity index (χ3n) is 4.31. The minimum absolute atomic E-state index is 0.0667. The fourth-order valence-corrected chi connectivity index (χ4v) is 2.88. The van der Waals surface area contributed by atoms with E-state index in [-0.39, 0.29) is 17.9 Å². The van der Waals surface area contributed by atoms with Gasteiger partial charge in [0.2, 0.25) is 5.91 Å². The van der Waals surface area contributed by atoms with E-state index in [4.69, 9.17) is 5.73 Å². The minimum Gasteiger partial charge on any atom is -0.353 e. The van der Waals surface area contributed by atoms with Gasteiger partial charge in [-0.1, -0.05) is 32.6 Å². The summed E-state index contributed by atoms with van der Waals surface area (Å²) in [5, 5.41) is 3.22. The van der Waals surface area contributed by atoms with Gasteiger partial charge >= 0.3 is 0 Å². The lowest BCUT2D eigenvalue weighted by molar-refractivity contribution is -0.127. The van der Waals surface area contributed by atoms with E-state index < -0.39 is 0 Å². The van der Waals surface area contributed by atoms with Crippen molar-refractivity contribution in [2.24, 2.45) is 17.6 Å². The minimum atomic E-state index is 0.0667. The van der Waals surface area contributed by atoms with Crippen molar-refractivity contribution >= 4 is 5.91 Å². The molecule has 0 aromatic rings. The summed E-state index contributed by atoms with van der Waals surface area (Å²) in [6, 6.07) is 0.464. The van der Waals surface area contributed by atoms with Gasteiger partial charge in [0.25, 0.3) is 0 Å². The Balaban J connectivity index is 1.80. The van der Waals surface area contributed by atoms with E-state index in [0.29, 0.717) is 6.04 Å². The standard InChI is InChI=1S/C14H26N2O/c1-2-11(9-10-7-8-10)16-14(17)12-5-3-4-6-13(12)15/h10-13H,2-9,15H2,1H3,(H,16,17). The second-order valence-corrected chi connectivity index (χ2v) is 5.85. The van der Waals surface area contributed by atoms with Crippen molar-refractivity contribution in [3.05, 3.63) is 0 Å². The molecule has 2 fully saturated rings. The van der Waals surface area contributed by atoms with Crippen LogP contribution in [0.3, 0.4) is 0 Å². The van der Waals surface area contributed by atoms with Crippen LogP contribution in [0, 0.1) is 11.8 Å². The summed E-state index contributed by atoms with van der Waals surface area (Å²) in [5.74, 6) is 1.15. The van der Waals surface area contributed by atoms with Crippen LogP contribution in [0.2, 0.25) is 0 Å². The number of carbonyl (C=O) groups excluding carboxylic acids is 1. The molecule has 3 N–H and O–H groups in total. The molecule has 0 aliphatic heterocycles. The van der Waals surface area contributed by atoms with E-state index in [0.717, 1.165) is 31.6 Å². The molecule has 0 saturated heterocycles. The Kier molecular flexibility index (Phi) is 4.43. The van der Waals surface area contributed by atoms with E-state index in [1.165, 1.54) is 25.7 Å². The molecule has 98 valence electrons. The molecule has 3 heteroatoms. The average Bonchev–Trinajstić information content (AvgIpc) is 3.12. The van der Waals surface area contributed by atoms with Gasteiger partial charge in [-0.2, -0.15) is 0 Å². The van der Waals surface area contributed by atoms with Crippen LogP contribution >= 0.6 is 0 Å². The second-order valence-electron chi connectivity index (χ2n) is 5.85. The second kappa shape index (κ2) is 5.85. The number of hydrogen-bond acceptors (Lipinski definition) is 2. The van der Waals surface area contributed by atoms with Crippen LogP contribution in [-0.2, 0) is 4.79 Å². The molecule has 2 aliphatic carbocycles. The number of carbonyl (C=O) groups is 1. The molecule has 3 unspecified atom stereocenters. The molecule has 3 atom stereocenters. The molecular weight excluding hydrogens is 212 g/mol. The molecule has 2 aliphatic rings. The Morgan fingerprint density at radius 2 is 2.00 bits per heavy atom. The third kappa shape index (κ3) is 3.70. The van der Waals surface area contributed by atoms with Gasteiger partial charge < -0.3 is 11.1 Å². The molecule has 0 aromatic carbocycles. The van der Waals surface area contributed by atoms with Crippen molar-refractivity contribution in [2.75, 3.05) is 0 Å². The first kappa shape index (κ1) is 12.9. The van der Waals surface area contributed by atoms with Gasteiger partial charge in [0.05, 0.1) is 5.92 Å². The molecule has 17 heavy (non-hydrogen) atoms. The van der Waals surface area contributed by atoms with E-state index in [1.54, 1.807) is 0 Å². The maximum Gasteiger partial charge on any atom is 0.224 e. The predicted molar refractivity (Wildman–Crippen MR) is 69.5 cm³/mol. The Morgan fingerprint density at radius 1 is 1.29 bits per heavy atom. The zero-order chi connectivity index (χ0) is 12.3. The first-order valence-electron chi connectivity index (χ1n) is 7.26. The molecule has 2 saturated carbocycles. The normalized spacial score (nSPS) is 30.9. The highest BCUT2D eigenvalue weighted by atomic mass is 16.2. The number of nitrogens with two attached hydrogens (primary N) is 1. The fraction of sp³-hybridized carbons (Fsp3) is 0.929. The topological polar surface area (TPSA) is 55.1 Å². The molecule has 3 nitrogen and oxygen atoms in total. The van der Waals surface area contributed by atoms with Crippen LogP contribution in [-0.4, -0.2) is 18.0 Å². The molecule has 0 aromatic heterocycles. The van der Waals surface area contributed by atoms with Crippen molar-refractivity contribution in [2.45, 2.75) is 70.4 Å². The molecular formula is C14H26N2O. The van der Waals surface area contributed by atoms with Gasteiger partial charge in [0.1, 0.15) is 0 Å². The molecule has 1 amide bonds. The highest BCUT2D eigenvalue weighted by molar-refractivity contribution is 5.79. The summed E-state index contributed by atoms with van der Waals surface area (Å²) >= 11 is 0. The average molecular weight is 238 g/mol. The van der Waals surface area contributed by atoms with Crippen molar-refractivity contribution in [1.29, 1.82) is 0 Å². The van der Waals surface area contributed by atoms with Gasteiger partial charge in [-0.15, -0.1) is 0 Å². The fourth-order valence-electron chi connectivity index (χ4n) is 2.88. The Hall–Kier alpha value is -0.570. The summed E-state index contributed by atoms with van der Waals surface area (Å²) in [5.41, 5.74) is 6.05. The summed E-state index contributed by atoms with van der Waals surface area (Å²) < 4.78 is 0. The van der Waals surface area contributed by atoms with Crippen LogP contribution in [0.4, 0.5) is 0 Å². The third-order valence-corrected chi connectivity index (χ3v) is 4.31. The SMILES string of the molecule is CCC(CC1CC1)NC(=O)C1CCCCC1N. The quantitative estimate of drug-likeness (QED) is 0.771. The summed E-state index contributed by atoms with van der Waals surface area (Å²) in [4.78, 5) is 12.2. The zero-order valence-corrected chi connectivity index (χ0v) is 11.0. The lowest BCUT2D eigenvalue weighted by Gasteiger charge is -2.29. The summed E-state index contributed by atoms with van der Waals surface area (Å²) in [6.07, 6.45) is 9.26. The number of amides is 1. The van der Waals surface area contributed by atoms with E-state index in [9.17, 15) is 4.79 Å². The Morgan fingerprint density at radius 3 is 2.59 bits per heavy atom. The molecule has 0 bridgehead atoms. The monoisotopic (exact) mass is 238 g/mol. The maximum absolute atomic E-state index is 12.2.